The highest BCUT2D eigenvalue weighted by Crippen LogP contribution is 2.16. The van der Waals surface area contributed by atoms with Crippen LogP contribution in [0.5, 0.6) is 5.75 Å². The van der Waals surface area contributed by atoms with Gasteiger partial charge in [0.25, 0.3) is 5.91 Å². The molecule has 0 aliphatic carbocycles. The lowest BCUT2D eigenvalue weighted by molar-refractivity contribution is -0.143. The number of hydrogen-bond donors (Lipinski definition) is 1. The highest BCUT2D eigenvalue weighted by Gasteiger charge is 2.30. The third-order valence-corrected chi connectivity index (χ3v) is 4.33. The molecule has 0 fully saturated rings. The van der Waals surface area contributed by atoms with E-state index >= 15 is 0 Å². The maximum absolute atomic E-state index is 13.3. The summed E-state index contributed by atoms with van der Waals surface area (Å²) in [6.45, 7) is 7.22. The van der Waals surface area contributed by atoms with E-state index in [1.807, 2.05) is 27.7 Å². The van der Waals surface area contributed by atoms with Gasteiger partial charge >= 0.3 is 0 Å². The molecule has 0 unspecified atom stereocenters. The van der Waals surface area contributed by atoms with Crippen molar-refractivity contribution in [2.24, 2.45) is 0 Å². The van der Waals surface area contributed by atoms with E-state index in [4.69, 9.17) is 4.74 Å². The van der Waals surface area contributed by atoms with Gasteiger partial charge in [-0.05, 0) is 69.2 Å². The van der Waals surface area contributed by atoms with Crippen LogP contribution in [0.15, 0.2) is 48.5 Å². The normalized spacial score (nSPS) is 12.2. The van der Waals surface area contributed by atoms with Gasteiger partial charge in [0.2, 0.25) is 5.91 Å². The minimum absolute atomic E-state index is 0.127. The zero-order chi connectivity index (χ0) is 22.3. The number of nitrogens with one attached hydrogen (secondary N) is 1. The van der Waals surface area contributed by atoms with Gasteiger partial charge in [-0.2, -0.15) is 0 Å². The van der Waals surface area contributed by atoms with Gasteiger partial charge in [-0.15, -0.1) is 0 Å². The largest absolute Gasteiger partial charge is 0.484 e. The summed E-state index contributed by atoms with van der Waals surface area (Å²) in [6.07, 6.45) is 0.394. The average Bonchev–Trinajstić information content (AvgIpc) is 2.67. The van der Waals surface area contributed by atoms with Gasteiger partial charge in [-0.25, -0.2) is 8.78 Å². The van der Waals surface area contributed by atoms with E-state index in [1.165, 1.54) is 41.3 Å². The maximum Gasteiger partial charge on any atom is 0.261 e. The van der Waals surface area contributed by atoms with Crippen LogP contribution >= 0.6 is 0 Å². The molecule has 7 heteroatoms. The lowest BCUT2D eigenvalue weighted by Gasteiger charge is -2.33. The van der Waals surface area contributed by atoms with Crippen molar-refractivity contribution in [3.05, 3.63) is 65.7 Å². The monoisotopic (exact) mass is 418 g/mol. The fourth-order valence-corrected chi connectivity index (χ4v) is 2.92. The molecule has 1 atom stereocenters. The Labute approximate surface area is 176 Å². The molecular weight excluding hydrogens is 390 g/mol. The first-order valence-electron chi connectivity index (χ1n) is 9.83. The second kappa shape index (κ2) is 10.2. The van der Waals surface area contributed by atoms with Crippen LogP contribution in [-0.2, 0) is 16.1 Å². The molecule has 0 aromatic heterocycles. The van der Waals surface area contributed by atoms with Crippen molar-refractivity contribution < 1.29 is 23.1 Å². The van der Waals surface area contributed by atoms with Crippen LogP contribution in [0.2, 0.25) is 0 Å². The number of rotatable bonds is 8. The van der Waals surface area contributed by atoms with Crippen molar-refractivity contribution in [3.8, 4) is 5.75 Å². The summed E-state index contributed by atoms with van der Waals surface area (Å²) in [5, 5.41) is 2.91. The lowest BCUT2D eigenvalue weighted by atomic mass is 10.1. The first-order chi connectivity index (χ1) is 14.1. The van der Waals surface area contributed by atoms with Gasteiger partial charge in [-0.3, -0.25) is 9.59 Å². The van der Waals surface area contributed by atoms with Gasteiger partial charge in [0.05, 0.1) is 0 Å². The van der Waals surface area contributed by atoms with Gasteiger partial charge in [0.15, 0.2) is 6.61 Å². The lowest BCUT2D eigenvalue weighted by Crippen LogP contribution is -2.54. The maximum atomic E-state index is 13.3. The van der Waals surface area contributed by atoms with Gasteiger partial charge in [0, 0.05) is 12.1 Å². The molecule has 0 bridgehead atoms. The van der Waals surface area contributed by atoms with Crippen LogP contribution in [0.3, 0.4) is 0 Å². The molecule has 0 aliphatic heterocycles. The molecule has 162 valence electrons. The Morgan fingerprint density at radius 1 is 1.00 bits per heavy atom. The molecule has 0 heterocycles. The molecule has 0 spiro atoms. The van der Waals surface area contributed by atoms with E-state index in [-0.39, 0.29) is 24.9 Å². The fraction of sp³-hybridized carbons (Fsp3) is 0.391. The molecule has 2 aromatic carbocycles. The Balaban J connectivity index is 2.21. The number of ether oxygens (including phenoxy) is 1. The van der Waals surface area contributed by atoms with E-state index < -0.39 is 23.3 Å². The molecule has 1 N–H and O–H groups in total. The fourth-order valence-electron chi connectivity index (χ4n) is 2.92. The van der Waals surface area contributed by atoms with Crippen LogP contribution < -0.4 is 10.1 Å². The Hall–Kier alpha value is -2.96. The summed E-state index contributed by atoms with van der Waals surface area (Å²) < 4.78 is 31.8. The number of carbonyl (C=O) groups excluding carboxylic acids is 2. The molecule has 0 radical (unpaired) electrons. The van der Waals surface area contributed by atoms with Crippen molar-refractivity contribution in [1.29, 1.82) is 0 Å². The molecule has 2 aromatic rings. The smallest absolute Gasteiger partial charge is 0.261 e. The van der Waals surface area contributed by atoms with E-state index in [1.54, 1.807) is 12.1 Å². The summed E-state index contributed by atoms with van der Waals surface area (Å²) in [7, 11) is 0. The zero-order valence-corrected chi connectivity index (χ0v) is 17.7. The van der Waals surface area contributed by atoms with Gasteiger partial charge < -0.3 is 15.0 Å². The predicted octanol–water partition coefficient (Wildman–Crippen LogP) is 4.07. The predicted molar refractivity (Wildman–Crippen MR) is 111 cm³/mol. The molecule has 2 amide bonds. The topological polar surface area (TPSA) is 58.6 Å². The number of hydrogen-bond acceptors (Lipinski definition) is 3. The second-order valence-electron chi connectivity index (χ2n) is 8.05. The Kier molecular flexibility index (Phi) is 7.92. The molecular formula is C23H28F2N2O3. The Morgan fingerprint density at radius 3 is 2.03 bits per heavy atom. The highest BCUT2D eigenvalue weighted by molar-refractivity contribution is 5.88. The number of nitrogens with zero attached hydrogens (tertiary/aromatic N) is 1. The van der Waals surface area contributed by atoms with E-state index in [0.29, 0.717) is 17.7 Å². The SMILES string of the molecule is CC[C@H](C(=O)NC(C)(C)C)N(Cc1ccc(F)cc1)C(=O)COc1ccc(F)cc1. The number of carbonyl (C=O) groups is 2. The van der Waals surface area contributed by atoms with Crippen LogP contribution in [0.25, 0.3) is 0 Å². The minimum Gasteiger partial charge on any atom is -0.484 e. The Bertz CT molecular complexity index is 846. The second-order valence-corrected chi connectivity index (χ2v) is 8.05. The van der Waals surface area contributed by atoms with E-state index in [9.17, 15) is 18.4 Å². The van der Waals surface area contributed by atoms with Gasteiger partial charge in [0.1, 0.15) is 23.4 Å². The van der Waals surface area contributed by atoms with Gasteiger partial charge in [-0.1, -0.05) is 19.1 Å². The first-order valence-corrected chi connectivity index (χ1v) is 9.83. The first kappa shape index (κ1) is 23.3. The highest BCUT2D eigenvalue weighted by atomic mass is 19.1. The summed E-state index contributed by atoms with van der Waals surface area (Å²) >= 11 is 0. The molecule has 0 aliphatic rings. The molecule has 2 rings (SSSR count). The third kappa shape index (κ3) is 7.13. The molecule has 0 saturated heterocycles. The molecule has 0 saturated carbocycles. The van der Waals surface area contributed by atoms with Crippen LogP contribution in [0, 0.1) is 11.6 Å². The zero-order valence-electron chi connectivity index (χ0n) is 17.7. The number of benzene rings is 2. The van der Waals surface area contributed by atoms with Crippen LogP contribution in [-0.4, -0.2) is 34.9 Å². The number of halogens is 2. The summed E-state index contributed by atoms with van der Waals surface area (Å²) in [4.78, 5) is 27.3. The quantitative estimate of drug-likeness (QED) is 0.703. The minimum atomic E-state index is -0.724. The standard InChI is InChI=1S/C23H28F2N2O3/c1-5-20(22(29)26-23(2,3)4)27(14-16-6-8-17(24)9-7-16)21(28)15-30-19-12-10-18(25)11-13-19/h6-13,20H,5,14-15H2,1-4H3,(H,26,29)/t20-/m1/s1. The molecule has 30 heavy (non-hydrogen) atoms. The van der Waals surface area contributed by atoms with Crippen molar-refractivity contribution in [2.45, 2.75) is 52.2 Å². The van der Waals surface area contributed by atoms with E-state index in [2.05, 4.69) is 5.32 Å². The van der Waals surface area contributed by atoms with Crippen LogP contribution in [0.1, 0.15) is 39.7 Å². The Morgan fingerprint density at radius 2 is 1.53 bits per heavy atom. The summed E-state index contributed by atoms with van der Waals surface area (Å²) in [6, 6.07) is 10.4. The number of amides is 2. The average molecular weight is 418 g/mol. The van der Waals surface area contributed by atoms with E-state index in [0.717, 1.165) is 0 Å². The summed E-state index contributed by atoms with van der Waals surface area (Å²) in [5.41, 5.74) is 0.230. The summed E-state index contributed by atoms with van der Waals surface area (Å²) in [5.74, 6) is -1.12. The van der Waals surface area contributed by atoms with Crippen molar-refractivity contribution in [1.82, 2.24) is 10.2 Å². The van der Waals surface area contributed by atoms with Crippen molar-refractivity contribution in [3.63, 3.8) is 0 Å². The van der Waals surface area contributed by atoms with Crippen molar-refractivity contribution in [2.75, 3.05) is 6.61 Å². The molecule has 5 nitrogen and oxygen atoms in total. The third-order valence-electron chi connectivity index (χ3n) is 4.33. The van der Waals surface area contributed by atoms with Crippen LogP contribution in [0.4, 0.5) is 8.78 Å². The van der Waals surface area contributed by atoms with Crippen molar-refractivity contribution >= 4 is 11.8 Å².